The number of rotatable bonds is 2. The number of anilines is 1. The van der Waals surface area contributed by atoms with Gasteiger partial charge in [-0.3, -0.25) is 4.79 Å². The molecular weight excluding hydrogens is 304 g/mol. The minimum absolute atomic E-state index is 0.0490. The lowest BCUT2D eigenvalue weighted by Crippen LogP contribution is -2.29. The van der Waals surface area contributed by atoms with Crippen molar-refractivity contribution in [2.75, 3.05) is 18.8 Å². The summed E-state index contributed by atoms with van der Waals surface area (Å²) < 4.78 is 0.975. The zero-order chi connectivity index (χ0) is 15.1. The van der Waals surface area contributed by atoms with Crippen molar-refractivity contribution in [2.24, 2.45) is 11.8 Å². The van der Waals surface area contributed by atoms with E-state index in [0.29, 0.717) is 27.4 Å². The number of thiophene rings is 1. The SMILES string of the molecule is CC(C)C1CCN(C(=O)c2sc3cccc(Cl)c3c2N)C1. The van der Waals surface area contributed by atoms with Gasteiger partial charge in [-0.2, -0.15) is 0 Å². The second kappa shape index (κ2) is 5.50. The summed E-state index contributed by atoms with van der Waals surface area (Å²) in [5.74, 6) is 1.25. The molecule has 112 valence electrons. The monoisotopic (exact) mass is 322 g/mol. The molecule has 0 spiro atoms. The fourth-order valence-corrected chi connectivity index (χ4v) is 4.40. The van der Waals surface area contributed by atoms with Crippen LogP contribution in [0.25, 0.3) is 10.1 Å². The van der Waals surface area contributed by atoms with Crippen LogP contribution in [-0.4, -0.2) is 23.9 Å². The Balaban J connectivity index is 1.93. The Hall–Kier alpha value is -1.26. The Morgan fingerprint density at radius 2 is 2.24 bits per heavy atom. The van der Waals surface area contributed by atoms with Crippen LogP contribution in [0.4, 0.5) is 5.69 Å². The summed E-state index contributed by atoms with van der Waals surface area (Å²) in [6, 6.07) is 5.66. The Morgan fingerprint density at radius 3 is 2.86 bits per heavy atom. The number of hydrogen-bond acceptors (Lipinski definition) is 3. The smallest absolute Gasteiger partial charge is 0.266 e. The number of fused-ring (bicyclic) bond motifs is 1. The standard InChI is InChI=1S/C16H19ClN2OS/c1-9(2)10-6-7-19(8-10)16(20)15-14(18)13-11(17)4-3-5-12(13)21-15/h3-5,9-10H,6-8,18H2,1-2H3. The first-order valence-electron chi connectivity index (χ1n) is 7.24. The first-order chi connectivity index (χ1) is 9.99. The Labute approximate surface area is 133 Å². The lowest BCUT2D eigenvalue weighted by Gasteiger charge is -2.17. The van der Waals surface area contributed by atoms with E-state index in [1.165, 1.54) is 11.3 Å². The molecule has 0 saturated carbocycles. The lowest BCUT2D eigenvalue weighted by atomic mass is 9.95. The van der Waals surface area contributed by atoms with Crippen molar-refractivity contribution in [3.05, 3.63) is 28.1 Å². The highest BCUT2D eigenvalue weighted by molar-refractivity contribution is 7.21. The van der Waals surface area contributed by atoms with Crippen molar-refractivity contribution >= 4 is 44.6 Å². The van der Waals surface area contributed by atoms with Crippen LogP contribution in [0.15, 0.2) is 18.2 Å². The van der Waals surface area contributed by atoms with Crippen molar-refractivity contribution in [2.45, 2.75) is 20.3 Å². The normalized spacial score (nSPS) is 18.9. The van der Waals surface area contributed by atoms with Crippen LogP contribution in [0.1, 0.15) is 29.9 Å². The van der Waals surface area contributed by atoms with E-state index in [0.717, 1.165) is 29.6 Å². The van der Waals surface area contributed by atoms with E-state index in [-0.39, 0.29) is 5.91 Å². The van der Waals surface area contributed by atoms with E-state index in [4.69, 9.17) is 17.3 Å². The molecule has 1 aliphatic rings. The molecule has 1 fully saturated rings. The molecule has 2 N–H and O–H groups in total. The average molecular weight is 323 g/mol. The van der Waals surface area contributed by atoms with Gasteiger partial charge in [-0.15, -0.1) is 11.3 Å². The molecule has 1 saturated heterocycles. The van der Waals surface area contributed by atoms with Gasteiger partial charge in [0.2, 0.25) is 0 Å². The van der Waals surface area contributed by atoms with Crippen molar-refractivity contribution in [1.29, 1.82) is 0 Å². The van der Waals surface area contributed by atoms with Crippen LogP contribution >= 0.6 is 22.9 Å². The van der Waals surface area contributed by atoms with Gasteiger partial charge in [0, 0.05) is 23.2 Å². The van der Waals surface area contributed by atoms with E-state index in [1.807, 2.05) is 23.1 Å². The third kappa shape index (κ3) is 2.51. The van der Waals surface area contributed by atoms with Crippen LogP contribution in [0.3, 0.4) is 0 Å². The van der Waals surface area contributed by atoms with E-state index in [9.17, 15) is 4.79 Å². The van der Waals surface area contributed by atoms with Gasteiger partial charge in [-0.25, -0.2) is 0 Å². The molecule has 1 unspecified atom stereocenters. The molecule has 0 radical (unpaired) electrons. The summed E-state index contributed by atoms with van der Waals surface area (Å²) in [4.78, 5) is 15.3. The molecule has 2 aromatic rings. The number of likely N-dealkylation sites (tertiary alicyclic amines) is 1. The van der Waals surface area contributed by atoms with E-state index in [2.05, 4.69) is 13.8 Å². The molecule has 21 heavy (non-hydrogen) atoms. The quantitative estimate of drug-likeness (QED) is 0.898. The largest absolute Gasteiger partial charge is 0.397 e. The zero-order valence-electron chi connectivity index (χ0n) is 12.2. The van der Waals surface area contributed by atoms with Crippen molar-refractivity contribution < 1.29 is 4.79 Å². The number of nitrogens with zero attached hydrogens (tertiary/aromatic N) is 1. The van der Waals surface area contributed by atoms with E-state index in [1.54, 1.807) is 0 Å². The van der Waals surface area contributed by atoms with Crippen molar-refractivity contribution in [1.82, 2.24) is 4.90 Å². The number of benzene rings is 1. The van der Waals surface area contributed by atoms with Crippen LogP contribution in [0.2, 0.25) is 5.02 Å². The van der Waals surface area contributed by atoms with Gasteiger partial charge in [-0.1, -0.05) is 31.5 Å². The third-order valence-corrected chi connectivity index (χ3v) is 5.82. The average Bonchev–Trinajstić information content (AvgIpc) is 3.04. The highest BCUT2D eigenvalue weighted by Gasteiger charge is 2.30. The number of nitrogen functional groups attached to an aromatic ring is 1. The topological polar surface area (TPSA) is 46.3 Å². The summed E-state index contributed by atoms with van der Waals surface area (Å²) in [6.07, 6.45) is 1.08. The summed E-state index contributed by atoms with van der Waals surface area (Å²) >= 11 is 7.65. The predicted molar refractivity (Wildman–Crippen MR) is 90.1 cm³/mol. The Morgan fingerprint density at radius 1 is 1.48 bits per heavy atom. The number of carbonyl (C=O) groups is 1. The second-order valence-electron chi connectivity index (χ2n) is 6.00. The van der Waals surface area contributed by atoms with E-state index >= 15 is 0 Å². The van der Waals surface area contributed by atoms with Gasteiger partial charge < -0.3 is 10.6 Å². The summed E-state index contributed by atoms with van der Waals surface area (Å²) in [5.41, 5.74) is 6.71. The molecule has 1 atom stereocenters. The maximum absolute atomic E-state index is 12.7. The number of nitrogens with two attached hydrogens (primary N) is 1. The first kappa shape index (κ1) is 14.7. The Kier molecular flexibility index (Phi) is 3.84. The lowest BCUT2D eigenvalue weighted by molar-refractivity contribution is 0.0790. The molecule has 1 aromatic carbocycles. The number of hydrogen-bond donors (Lipinski definition) is 1. The van der Waals surface area contributed by atoms with Gasteiger partial charge in [-0.05, 0) is 30.4 Å². The zero-order valence-corrected chi connectivity index (χ0v) is 13.8. The summed E-state index contributed by atoms with van der Waals surface area (Å²) in [7, 11) is 0. The predicted octanol–water partition coefficient (Wildman–Crippen LogP) is 4.26. The molecule has 0 bridgehead atoms. The van der Waals surface area contributed by atoms with Gasteiger partial charge in [0.1, 0.15) is 4.88 Å². The van der Waals surface area contributed by atoms with Gasteiger partial charge in [0.15, 0.2) is 0 Å². The van der Waals surface area contributed by atoms with Gasteiger partial charge in [0.25, 0.3) is 5.91 Å². The molecule has 1 aromatic heterocycles. The van der Waals surface area contributed by atoms with Crippen molar-refractivity contribution in [3.8, 4) is 0 Å². The number of amides is 1. The molecular formula is C16H19ClN2OS. The fraction of sp³-hybridized carbons (Fsp3) is 0.438. The van der Waals surface area contributed by atoms with Gasteiger partial charge in [0.05, 0.1) is 10.7 Å². The highest BCUT2D eigenvalue weighted by atomic mass is 35.5. The second-order valence-corrected chi connectivity index (χ2v) is 7.46. The number of carbonyl (C=O) groups excluding carboxylic acids is 1. The van der Waals surface area contributed by atoms with E-state index < -0.39 is 0 Å². The number of halogens is 1. The molecule has 5 heteroatoms. The molecule has 0 aliphatic carbocycles. The van der Waals surface area contributed by atoms with Crippen molar-refractivity contribution in [3.63, 3.8) is 0 Å². The molecule has 3 rings (SSSR count). The first-order valence-corrected chi connectivity index (χ1v) is 8.44. The van der Waals surface area contributed by atoms with Crippen LogP contribution in [0, 0.1) is 11.8 Å². The maximum atomic E-state index is 12.7. The molecule has 1 aliphatic heterocycles. The molecule has 2 heterocycles. The highest BCUT2D eigenvalue weighted by Crippen LogP contribution is 2.39. The minimum Gasteiger partial charge on any atom is -0.397 e. The maximum Gasteiger partial charge on any atom is 0.266 e. The Bertz CT molecular complexity index is 695. The molecule has 1 amide bonds. The third-order valence-electron chi connectivity index (χ3n) is 4.35. The van der Waals surface area contributed by atoms with Crippen LogP contribution in [0.5, 0.6) is 0 Å². The summed E-state index contributed by atoms with van der Waals surface area (Å²) in [6.45, 7) is 6.08. The van der Waals surface area contributed by atoms with Gasteiger partial charge >= 0.3 is 0 Å². The minimum atomic E-state index is 0.0490. The van der Waals surface area contributed by atoms with Crippen LogP contribution in [-0.2, 0) is 0 Å². The molecule has 3 nitrogen and oxygen atoms in total. The summed E-state index contributed by atoms with van der Waals surface area (Å²) in [5, 5.41) is 1.42. The fourth-order valence-electron chi connectivity index (χ4n) is 2.95. The van der Waals surface area contributed by atoms with Crippen LogP contribution < -0.4 is 5.73 Å².